The van der Waals surface area contributed by atoms with Crippen LogP contribution in [-0.2, 0) is 4.79 Å². The van der Waals surface area contributed by atoms with Crippen LogP contribution in [-0.4, -0.2) is 21.8 Å². The van der Waals surface area contributed by atoms with Crippen molar-refractivity contribution in [3.8, 4) is 0 Å². The fourth-order valence-electron chi connectivity index (χ4n) is 2.73. The molecule has 0 atom stereocenters. The minimum atomic E-state index is -1.49. The Kier molecular flexibility index (Phi) is 12.8. The van der Waals surface area contributed by atoms with E-state index < -0.39 is 11.6 Å². The van der Waals surface area contributed by atoms with Crippen LogP contribution in [0.4, 0.5) is 0 Å². The van der Waals surface area contributed by atoms with E-state index in [1.165, 1.54) is 38.5 Å². The molecule has 0 aromatic heterocycles. The SMILES string of the molecule is CCCCCCCCC(O)(CCCCCCCC)C(=O)O. The van der Waals surface area contributed by atoms with Crippen LogP contribution in [0, 0.1) is 0 Å². The van der Waals surface area contributed by atoms with Gasteiger partial charge in [0.05, 0.1) is 0 Å². The van der Waals surface area contributed by atoms with Crippen molar-refractivity contribution in [2.45, 2.75) is 109 Å². The highest BCUT2D eigenvalue weighted by Crippen LogP contribution is 2.23. The first-order chi connectivity index (χ1) is 10.1. The van der Waals surface area contributed by atoms with Crippen molar-refractivity contribution in [1.29, 1.82) is 0 Å². The summed E-state index contributed by atoms with van der Waals surface area (Å²) in [5, 5.41) is 19.6. The Labute approximate surface area is 131 Å². The van der Waals surface area contributed by atoms with Crippen LogP contribution in [0.1, 0.15) is 104 Å². The van der Waals surface area contributed by atoms with Crippen LogP contribution in [0.2, 0.25) is 0 Å². The number of unbranched alkanes of at least 4 members (excludes halogenated alkanes) is 10. The largest absolute Gasteiger partial charge is 0.479 e. The average molecular weight is 300 g/mol. The van der Waals surface area contributed by atoms with Gasteiger partial charge in [0.25, 0.3) is 0 Å². The lowest BCUT2D eigenvalue weighted by Gasteiger charge is -2.23. The molecule has 0 radical (unpaired) electrons. The van der Waals surface area contributed by atoms with Gasteiger partial charge in [0.2, 0.25) is 0 Å². The van der Waals surface area contributed by atoms with Crippen LogP contribution < -0.4 is 0 Å². The van der Waals surface area contributed by atoms with Crippen molar-refractivity contribution in [2.75, 3.05) is 0 Å². The Balaban J connectivity index is 3.82. The van der Waals surface area contributed by atoms with Crippen molar-refractivity contribution in [2.24, 2.45) is 0 Å². The van der Waals surface area contributed by atoms with Crippen LogP contribution in [0.25, 0.3) is 0 Å². The number of aliphatic hydroxyl groups is 1. The van der Waals surface area contributed by atoms with Crippen LogP contribution in [0.5, 0.6) is 0 Å². The van der Waals surface area contributed by atoms with Gasteiger partial charge in [-0.2, -0.15) is 0 Å². The van der Waals surface area contributed by atoms with E-state index in [4.69, 9.17) is 0 Å². The highest BCUT2D eigenvalue weighted by atomic mass is 16.4. The lowest BCUT2D eigenvalue weighted by molar-refractivity contribution is -0.160. The van der Waals surface area contributed by atoms with Crippen LogP contribution in [0.3, 0.4) is 0 Å². The second-order valence-electron chi connectivity index (χ2n) is 6.37. The van der Waals surface area contributed by atoms with Crippen LogP contribution in [0.15, 0.2) is 0 Å². The Morgan fingerprint density at radius 3 is 1.38 bits per heavy atom. The first kappa shape index (κ1) is 20.4. The van der Waals surface area contributed by atoms with Gasteiger partial charge in [-0.05, 0) is 25.7 Å². The molecular formula is C18H36O3. The molecule has 3 heteroatoms. The number of hydrogen-bond acceptors (Lipinski definition) is 2. The fraction of sp³-hybridized carbons (Fsp3) is 0.944. The first-order valence-corrected chi connectivity index (χ1v) is 9.02. The van der Waals surface area contributed by atoms with Gasteiger partial charge in [0.1, 0.15) is 0 Å². The maximum Gasteiger partial charge on any atom is 0.335 e. The number of carboxylic acid groups (broad SMARTS) is 1. The third-order valence-electron chi connectivity index (χ3n) is 4.29. The Morgan fingerprint density at radius 2 is 1.05 bits per heavy atom. The summed E-state index contributed by atoms with van der Waals surface area (Å²) in [5.41, 5.74) is -1.49. The van der Waals surface area contributed by atoms with E-state index in [-0.39, 0.29) is 0 Å². The lowest BCUT2D eigenvalue weighted by Crippen LogP contribution is -2.38. The highest BCUT2D eigenvalue weighted by molar-refractivity contribution is 5.76. The average Bonchev–Trinajstić information content (AvgIpc) is 2.46. The molecule has 0 aliphatic rings. The first-order valence-electron chi connectivity index (χ1n) is 9.02. The Bertz CT molecular complexity index is 235. The summed E-state index contributed by atoms with van der Waals surface area (Å²) in [6, 6.07) is 0. The molecule has 0 aromatic carbocycles. The number of aliphatic carboxylic acids is 1. The van der Waals surface area contributed by atoms with Crippen molar-refractivity contribution < 1.29 is 15.0 Å². The number of carbonyl (C=O) groups is 1. The van der Waals surface area contributed by atoms with E-state index in [9.17, 15) is 15.0 Å². The molecule has 0 rings (SSSR count). The molecule has 2 N–H and O–H groups in total. The minimum absolute atomic E-state index is 0.406. The van der Waals surface area contributed by atoms with E-state index in [0.29, 0.717) is 12.8 Å². The molecule has 0 saturated heterocycles. The molecule has 0 bridgehead atoms. The van der Waals surface area contributed by atoms with Crippen molar-refractivity contribution in [3.05, 3.63) is 0 Å². The Hall–Kier alpha value is -0.570. The summed E-state index contributed by atoms with van der Waals surface area (Å²) in [6.45, 7) is 4.37. The molecule has 0 aromatic rings. The monoisotopic (exact) mass is 300 g/mol. The molecule has 0 saturated carbocycles. The molecular weight excluding hydrogens is 264 g/mol. The van der Waals surface area contributed by atoms with Gasteiger partial charge < -0.3 is 10.2 Å². The van der Waals surface area contributed by atoms with Gasteiger partial charge in [-0.1, -0.05) is 78.1 Å². The Morgan fingerprint density at radius 1 is 0.714 bits per heavy atom. The zero-order valence-electron chi connectivity index (χ0n) is 14.2. The van der Waals surface area contributed by atoms with Crippen LogP contribution >= 0.6 is 0 Å². The quantitative estimate of drug-likeness (QED) is 0.403. The standard InChI is InChI=1S/C18H36O3/c1-3-5-7-9-11-13-15-18(21,17(19)20)16-14-12-10-8-6-4-2/h21H,3-16H2,1-2H3,(H,19,20). The molecule has 0 aliphatic heterocycles. The highest BCUT2D eigenvalue weighted by Gasteiger charge is 2.34. The number of carboxylic acids is 1. The molecule has 21 heavy (non-hydrogen) atoms. The second-order valence-corrected chi connectivity index (χ2v) is 6.37. The summed E-state index contributed by atoms with van der Waals surface area (Å²) in [4.78, 5) is 11.3. The second kappa shape index (κ2) is 13.1. The van der Waals surface area contributed by atoms with E-state index in [2.05, 4.69) is 13.8 Å². The van der Waals surface area contributed by atoms with E-state index in [1.807, 2.05) is 0 Å². The topological polar surface area (TPSA) is 57.5 Å². The molecule has 0 unspecified atom stereocenters. The van der Waals surface area contributed by atoms with Crippen molar-refractivity contribution in [3.63, 3.8) is 0 Å². The van der Waals surface area contributed by atoms with Gasteiger partial charge >= 0.3 is 5.97 Å². The predicted octanol–water partition coefficient (Wildman–Crippen LogP) is 5.30. The molecule has 0 amide bonds. The maximum atomic E-state index is 11.3. The zero-order chi connectivity index (χ0) is 16.0. The van der Waals surface area contributed by atoms with E-state index in [0.717, 1.165) is 38.5 Å². The third-order valence-corrected chi connectivity index (χ3v) is 4.29. The normalized spacial score (nSPS) is 11.8. The molecule has 0 heterocycles. The number of hydrogen-bond donors (Lipinski definition) is 2. The summed E-state index contributed by atoms with van der Waals surface area (Å²) in [6.07, 6.45) is 14.2. The summed E-state index contributed by atoms with van der Waals surface area (Å²) in [5.74, 6) is -1.04. The zero-order valence-corrected chi connectivity index (χ0v) is 14.2. The summed E-state index contributed by atoms with van der Waals surface area (Å²) in [7, 11) is 0. The van der Waals surface area contributed by atoms with Gasteiger partial charge in [-0.25, -0.2) is 4.79 Å². The maximum absolute atomic E-state index is 11.3. The molecule has 3 nitrogen and oxygen atoms in total. The fourth-order valence-corrected chi connectivity index (χ4v) is 2.73. The third kappa shape index (κ3) is 10.8. The van der Waals surface area contributed by atoms with Crippen molar-refractivity contribution in [1.82, 2.24) is 0 Å². The molecule has 0 aliphatic carbocycles. The smallest absolute Gasteiger partial charge is 0.335 e. The van der Waals surface area contributed by atoms with Gasteiger partial charge in [-0.3, -0.25) is 0 Å². The molecule has 0 spiro atoms. The van der Waals surface area contributed by atoms with E-state index in [1.54, 1.807) is 0 Å². The van der Waals surface area contributed by atoms with Gasteiger partial charge in [0.15, 0.2) is 5.60 Å². The molecule has 0 fully saturated rings. The van der Waals surface area contributed by atoms with Crippen molar-refractivity contribution >= 4 is 5.97 Å². The number of rotatable bonds is 15. The minimum Gasteiger partial charge on any atom is -0.479 e. The van der Waals surface area contributed by atoms with E-state index >= 15 is 0 Å². The summed E-state index contributed by atoms with van der Waals surface area (Å²) < 4.78 is 0. The lowest BCUT2D eigenvalue weighted by atomic mass is 9.89. The summed E-state index contributed by atoms with van der Waals surface area (Å²) >= 11 is 0. The predicted molar refractivity (Wildman–Crippen MR) is 88.6 cm³/mol. The molecule has 126 valence electrons. The van der Waals surface area contributed by atoms with Gasteiger partial charge in [-0.15, -0.1) is 0 Å². The van der Waals surface area contributed by atoms with Gasteiger partial charge in [0, 0.05) is 0 Å².